The van der Waals surface area contributed by atoms with Gasteiger partial charge in [-0.2, -0.15) is 0 Å². The molecular formula is C22H25ClN2OS. The Bertz CT molecular complexity index is 834. The van der Waals surface area contributed by atoms with Crippen LogP contribution < -0.4 is 0 Å². The summed E-state index contributed by atoms with van der Waals surface area (Å²) in [6.07, 6.45) is 5.37. The molecule has 27 heavy (non-hydrogen) atoms. The number of likely N-dealkylation sites (tertiary alicyclic amines) is 1. The van der Waals surface area contributed by atoms with E-state index in [9.17, 15) is 4.79 Å². The SMILES string of the molecule is O=C(N1CC(N2CCc3sccc3C2)C1)C1(c2ccc(Cl)cc2)CCCC1. The lowest BCUT2D eigenvalue weighted by atomic mass is 9.76. The summed E-state index contributed by atoms with van der Waals surface area (Å²) in [6.45, 7) is 3.94. The molecule has 2 fully saturated rings. The third-order valence-corrected chi connectivity index (χ3v) is 8.04. The van der Waals surface area contributed by atoms with Crippen LogP contribution in [0.1, 0.15) is 41.7 Å². The summed E-state index contributed by atoms with van der Waals surface area (Å²) in [4.78, 5) is 19.7. The molecular weight excluding hydrogens is 376 g/mol. The van der Waals surface area contributed by atoms with Gasteiger partial charge in [-0.3, -0.25) is 9.69 Å². The Morgan fingerprint density at radius 2 is 1.85 bits per heavy atom. The molecule has 2 aliphatic heterocycles. The van der Waals surface area contributed by atoms with E-state index in [1.54, 1.807) is 4.88 Å². The first kappa shape index (κ1) is 17.7. The molecule has 5 rings (SSSR count). The van der Waals surface area contributed by atoms with Crippen LogP contribution in [-0.4, -0.2) is 41.4 Å². The molecule has 1 aromatic heterocycles. The molecule has 0 atom stereocenters. The standard InChI is InChI=1S/C22H25ClN2OS/c23-18-5-3-17(4-6-18)22(9-1-2-10-22)21(26)25-14-19(15-25)24-11-7-20-16(13-24)8-12-27-20/h3-6,8,12,19H,1-2,7,9-11,13-15H2. The zero-order valence-corrected chi connectivity index (χ0v) is 17.1. The number of rotatable bonds is 3. The van der Waals surface area contributed by atoms with Crippen LogP contribution >= 0.6 is 22.9 Å². The van der Waals surface area contributed by atoms with Crippen molar-refractivity contribution in [2.24, 2.45) is 0 Å². The van der Waals surface area contributed by atoms with Crippen molar-refractivity contribution in [1.82, 2.24) is 9.80 Å². The molecule has 1 amide bonds. The van der Waals surface area contributed by atoms with Crippen LogP contribution in [0.25, 0.3) is 0 Å². The summed E-state index contributed by atoms with van der Waals surface area (Å²) in [5.41, 5.74) is 2.32. The quantitative estimate of drug-likeness (QED) is 0.758. The first-order valence-corrected chi connectivity index (χ1v) is 11.3. The molecule has 1 aromatic carbocycles. The van der Waals surface area contributed by atoms with Crippen LogP contribution in [0.2, 0.25) is 5.02 Å². The van der Waals surface area contributed by atoms with E-state index in [1.165, 1.54) is 5.56 Å². The minimum Gasteiger partial charge on any atom is -0.339 e. The average Bonchev–Trinajstić information content (AvgIpc) is 3.30. The zero-order chi connectivity index (χ0) is 18.4. The lowest BCUT2D eigenvalue weighted by Gasteiger charge is -2.49. The lowest BCUT2D eigenvalue weighted by Crippen LogP contribution is -2.64. The molecule has 1 saturated heterocycles. The molecule has 3 aliphatic rings. The summed E-state index contributed by atoms with van der Waals surface area (Å²) < 4.78 is 0. The highest BCUT2D eigenvalue weighted by Gasteiger charge is 2.48. The average molecular weight is 401 g/mol. The minimum atomic E-state index is -0.321. The summed E-state index contributed by atoms with van der Waals surface area (Å²) >= 11 is 7.96. The lowest BCUT2D eigenvalue weighted by molar-refractivity contribution is -0.145. The Balaban J connectivity index is 1.28. The van der Waals surface area contributed by atoms with Crippen molar-refractivity contribution in [3.63, 3.8) is 0 Å². The second-order valence-corrected chi connectivity index (χ2v) is 9.69. The Morgan fingerprint density at radius 3 is 2.59 bits per heavy atom. The molecule has 1 saturated carbocycles. The Labute approximate surface area is 169 Å². The predicted octanol–water partition coefficient (Wildman–Crippen LogP) is 4.48. The van der Waals surface area contributed by atoms with Crippen LogP contribution in [0.4, 0.5) is 0 Å². The molecule has 0 radical (unpaired) electrons. The van der Waals surface area contributed by atoms with E-state index in [1.807, 2.05) is 23.5 Å². The number of hydrogen-bond donors (Lipinski definition) is 0. The van der Waals surface area contributed by atoms with Crippen LogP contribution in [0.15, 0.2) is 35.7 Å². The van der Waals surface area contributed by atoms with Gasteiger partial charge in [0.1, 0.15) is 0 Å². The summed E-state index contributed by atoms with van der Waals surface area (Å²) in [7, 11) is 0. The van der Waals surface area contributed by atoms with E-state index < -0.39 is 0 Å². The van der Waals surface area contributed by atoms with Crippen molar-refractivity contribution < 1.29 is 4.79 Å². The molecule has 3 nitrogen and oxygen atoms in total. The highest BCUT2D eigenvalue weighted by Crippen LogP contribution is 2.44. The maximum Gasteiger partial charge on any atom is 0.233 e. The van der Waals surface area contributed by atoms with Crippen molar-refractivity contribution in [3.05, 3.63) is 56.7 Å². The monoisotopic (exact) mass is 400 g/mol. The van der Waals surface area contributed by atoms with Gasteiger partial charge in [0.05, 0.1) is 5.41 Å². The number of halogens is 1. The van der Waals surface area contributed by atoms with Gasteiger partial charge in [0.2, 0.25) is 5.91 Å². The van der Waals surface area contributed by atoms with Crippen molar-refractivity contribution >= 4 is 28.8 Å². The molecule has 0 unspecified atom stereocenters. The summed E-state index contributed by atoms with van der Waals surface area (Å²) in [5.74, 6) is 0.340. The van der Waals surface area contributed by atoms with Crippen molar-refractivity contribution in [1.29, 1.82) is 0 Å². The van der Waals surface area contributed by atoms with Gasteiger partial charge >= 0.3 is 0 Å². The molecule has 1 aliphatic carbocycles. The summed E-state index contributed by atoms with van der Waals surface area (Å²) in [6, 6.07) is 10.8. The number of benzene rings is 1. The largest absolute Gasteiger partial charge is 0.339 e. The van der Waals surface area contributed by atoms with Gasteiger partial charge in [0.25, 0.3) is 0 Å². The Morgan fingerprint density at radius 1 is 1.11 bits per heavy atom. The topological polar surface area (TPSA) is 23.6 Å². The molecule has 5 heteroatoms. The maximum absolute atomic E-state index is 13.5. The number of carbonyl (C=O) groups excluding carboxylic acids is 1. The van der Waals surface area contributed by atoms with Crippen molar-refractivity contribution in [2.75, 3.05) is 19.6 Å². The Kier molecular flexibility index (Phi) is 4.53. The van der Waals surface area contributed by atoms with Crippen LogP contribution in [-0.2, 0) is 23.2 Å². The number of amides is 1. The number of thiophene rings is 1. The first-order valence-electron chi connectivity index (χ1n) is 10.0. The second kappa shape index (κ2) is 6.91. The molecule has 0 spiro atoms. The number of hydrogen-bond acceptors (Lipinski definition) is 3. The van der Waals surface area contributed by atoms with E-state index >= 15 is 0 Å². The van der Waals surface area contributed by atoms with Gasteiger partial charge in [-0.15, -0.1) is 11.3 Å². The van der Waals surface area contributed by atoms with Crippen molar-refractivity contribution in [3.8, 4) is 0 Å². The van der Waals surface area contributed by atoms with Gasteiger partial charge in [-0.05, 0) is 54.0 Å². The second-order valence-electron chi connectivity index (χ2n) is 8.25. The maximum atomic E-state index is 13.5. The van der Waals surface area contributed by atoms with Crippen LogP contribution in [0.5, 0.6) is 0 Å². The third kappa shape index (κ3) is 3.02. The first-order chi connectivity index (χ1) is 13.2. The number of nitrogens with zero attached hydrogens (tertiary/aromatic N) is 2. The fourth-order valence-electron chi connectivity index (χ4n) is 5.11. The van der Waals surface area contributed by atoms with E-state index in [2.05, 4.69) is 33.4 Å². The summed E-state index contributed by atoms with van der Waals surface area (Å²) in [5, 5.41) is 2.95. The molecule has 0 bridgehead atoms. The normalized spacial score (nSPS) is 22.5. The zero-order valence-electron chi connectivity index (χ0n) is 15.5. The number of fused-ring (bicyclic) bond motifs is 1. The smallest absolute Gasteiger partial charge is 0.233 e. The van der Waals surface area contributed by atoms with Crippen molar-refractivity contribution in [2.45, 2.75) is 50.1 Å². The van der Waals surface area contributed by atoms with Crippen LogP contribution in [0.3, 0.4) is 0 Å². The number of carbonyl (C=O) groups is 1. The molecule has 0 N–H and O–H groups in total. The fraction of sp³-hybridized carbons (Fsp3) is 0.500. The highest BCUT2D eigenvalue weighted by atomic mass is 35.5. The van der Waals surface area contributed by atoms with Gasteiger partial charge in [0, 0.05) is 42.1 Å². The van der Waals surface area contributed by atoms with Gasteiger partial charge in [-0.1, -0.05) is 36.6 Å². The molecule has 142 valence electrons. The molecule has 2 aromatic rings. The van der Waals surface area contributed by atoms with E-state index in [-0.39, 0.29) is 5.41 Å². The predicted molar refractivity (Wildman–Crippen MR) is 110 cm³/mol. The van der Waals surface area contributed by atoms with Gasteiger partial charge in [-0.25, -0.2) is 0 Å². The Hall–Kier alpha value is -1.36. The van der Waals surface area contributed by atoms with Gasteiger partial charge in [0.15, 0.2) is 0 Å². The van der Waals surface area contributed by atoms with E-state index in [0.29, 0.717) is 11.9 Å². The third-order valence-electron chi connectivity index (χ3n) is 6.77. The van der Waals surface area contributed by atoms with E-state index in [4.69, 9.17) is 11.6 Å². The van der Waals surface area contributed by atoms with Crippen LogP contribution in [0, 0.1) is 0 Å². The molecule has 3 heterocycles. The minimum absolute atomic E-state index is 0.321. The highest BCUT2D eigenvalue weighted by molar-refractivity contribution is 7.10. The van der Waals surface area contributed by atoms with Gasteiger partial charge < -0.3 is 4.90 Å². The van der Waals surface area contributed by atoms with E-state index in [0.717, 1.165) is 68.9 Å². The fourth-order valence-corrected chi connectivity index (χ4v) is 6.13.